The Morgan fingerprint density at radius 2 is 2.03 bits per heavy atom. The van der Waals surface area contributed by atoms with Crippen LogP contribution in [0.1, 0.15) is 53.4 Å². The molecule has 6 rings (SSSR count). The van der Waals surface area contributed by atoms with Crippen LogP contribution in [0.25, 0.3) is 22.3 Å². The second-order valence-electron chi connectivity index (χ2n) is 13.1. The normalized spacial score (nSPS) is 22.0. The fraction of sp³-hybridized carbons (Fsp3) is 0.643. The number of amides is 2. The van der Waals surface area contributed by atoms with Crippen LogP contribution in [0.5, 0.6) is 0 Å². The van der Waals surface area contributed by atoms with E-state index in [1.54, 1.807) is 30.9 Å². The van der Waals surface area contributed by atoms with Crippen molar-refractivity contribution in [2.75, 3.05) is 43.9 Å². The first-order valence-electron chi connectivity index (χ1n) is 14.0. The maximum Gasteiger partial charge on any atom is 0.322 e. The molecular weight excluding hydrogens is 497 g/mol. The number of likely N-dealkylation sites (N-methyl/N-ethyl adjacent to an activating group) is 1. The van der Waals surface area contributed by atoms with Crippen molar-refractivity contribution in [3.05, 3.63) is 18.5 Å². The lowest BCUT2D eigenvalue weighted by molar-refractivity contribution is 0.128. The van der Waals surface area contributed by atoms with Crippen LogP contribution in [0.4, 0.5) is 20.7 Å². The number of likely N-dealkylation sites (tertiary alicyclic amines) is 1. The van der Waals surface area contributed by atoms with Crippen molar-refractivity contribution < 1.29 is 9.18 Å². The van der Waals surface area contributed by atoms with E-state index in [2.05, 4.69) is 53.3 Å². The molecule has 1 spiro atoms. The van der Waals surface area contributed by atoms with E-state index in [1.165, 1.54) is 0 Å². The number of hydrogen-bond donors (Lipinski definition) is 2. The first-order valence-corrected chi connectivity index (χ1v) is 14.0. The van der Waals surface area contributed by atoms with Crippen molar-refractivity contribution in [1.82, 2.24) is 34.8 Å². The number of H-pyrrole nitrogens is 1. The molecule has 2 N–H and O–H groups in total. The highest BCUT2D eigenvalue weighted by Crippen LogP contribution is 2.50. The number of pyridine rings is 1. The molecule has 1 unspecified atom stereocenters. The monoisotopic (exact) mass is 537 g/mol. The SMILES string of the molecule is CC1CCN(C(=O)Nc2cn[nH]c2-c2cc3c(cn2)c(N2CC(C)(N(C)C)C2)nn3CC(C)(C)F)C2(CC2)C1. The van der Waals surface area contributed by atoms with E-state index in [0.29, 0.717) is 23.0 Å². The van der Waals surface area contributed by atoms with Crippen LogP contribution < -0.4 is 10.2 Å². The van der Waals surface area contributed by atoms with Gasteiger partial charge < -0.3 is 20.0 Å². The summed E-state index contributed by atoms with van der Waals surface area (Å²) in [6, 6.07) is 1.83. The third-order valence-corrected chi connectivity index (χ3v) is 8.94. The molecule has 10 nitrogen and oxygen atoms in total. The zero-order valence-corrected chi connectivity index (χ0v) is 23.9. The lowest BCUT2D eigenvalue weighted by Crippen LogP contribution is -2.67. The van der Waals surface area contributed by atoms with Crippen LogP contribution in [-0.4, -0.2) is 91.3 Å². The second kappa shape index (κ2) is 8.90. The lowest BCUT2D eigenvalue weighted by atomic mass is 9.91. The van der Waals surface area contributed by atoms with Crippen molar-refractivity contribution >= 4 is 28.4 Å². The van der Waals surface area contributed by atoms with Gasteiger partial charge in [0.15, 0.2) is 5.82 Å². The van der Waals surface area contributed by atoms with Crippen molar-refractivity contribution in [1.29, 1.82) is 0 Å². The summed E-state index contributed by atoms with van der Waals surface area (Å²) < 4.78 is 16.6. The van der Waals surface area contributed by atoms with Gasteiger partial charge in [-0.25, -0.2) is 9.18 Å². The number of halogens is 1. The summed E-state index contributed by atoms with van der Waals surface area (Å²) in [5, 5.41) is 16.1. The second-order valence-corrected chi connectivity index (χ2v) is 13.1. The number of rotatable bonds is 6. The van der Waals surface area contributed by atoms with E-state index >= 15 is 0 Å². The van der Waals surface area contributed by atoms with Gasteiger partial charge in [-0.1, -0.05) is 6.92 Å². The Hall–Kier alpha value is -3.21. The number of aromatic amines is 1. The molecule has 0 radical (unpaired) electrons. The van der Waals surface area contributed by atoms with Crippen LogP contribution in [0.2, 0.25) is 0 Å². The van der Waals surface area contributed by atoms with Crippen LogP contribution in [0, 0.1) is 5.92 Å². The average Bonchev–Trinajstić information content (AvgIpc) is 3.28. The number of carbonyl (C=O) groups excluding carboxylic acids is 1. The van der Waals surface area contributed by atoms with E-state index in [4.69, 9.17) is 10.1 Å². The number of aromatic nitrogens is 5. The number of piperidine rings is 1. The quantitative estimate of drug-likeness (QED) is 0.480. The van der Waals surface area contributed by atoms with Crippen molar-refractivity contribution in [2.24, 2.45) is 5.92 Å². The van der Waals surface area contributed by atoms with Gasteiger partial charge in [-0.3, -0.25) is 14.8 Å². The molecule has 2 aliphatic heterocycles. The highest BCUT2D eigenvalue weighted by atomic mass is 19.1. The standard InChI is InChI=1S/C28H40FN9O/c1-18-7-10-37(28(12-18)8-9-28)25(39)32-21-14-31-33-23(21)20-11-22-19(13-30-20)24(34-38(22)15-26(2,3)29)36-16-27(4,17-36)35(5)6/h11,13-14,18H,7-10,12,15-17H2,1-6H3,(H,31,33)(H,32,39). The van der Waals surface area contributed by atoms with Crippen molar-refractivity contribution in [3.8, 4) is 11.4 Å². The topological polar surface area (TPSA) is 98.2 Å². The summed E-state index contributed by atoms with van der Waals surface area (Å²) in [5.41, 5.74) is 1.27. The van der Waals surface area contributed by atoms with E-state index in [9.17, 15) is 9.18 Å². The predicted molar refractivity (Wildman–Crippen MR) is 151 cm³/mol. The number of urea groups is 1. The zero-order valence-electron chi connectivity index (χ0n) is 23.9. The molecule has 1 saturated carbocycles. The van der Waals surface area contributed by atoms with E-state index in [0.717, 1.165) is 62.0 Å². The van der Waals surface area contributed by atoms with Crippen LogP contribution >= 0.6 is 0 Å². The third-order valence-electron chi connectivity index (χ3n) is 8.94. The van der Waals surface area contributed by atoms with Gasteiger partial charge in [-0.2, -0.15) is 10.2 Å². The Morgan fingerprint density at radius 1 is 1.28 bits per heavy atom. The number of nitrogens with zero attached hydrogens (tertiary/aromatic N) is 7. The Balaban J connectivity index is 1.30. The highest BCUT2D eigenvalue weighted by molar-refractivity contribution is 5.96. The Labute approximate surface area is 228 Å². The zero-order chi connectivity index (χ0) is 27.7. The fourth-order valence-corrected chi connectivity index (χ4v) is 6.25. The average molecular weight is 538 g/mol. The molecule has 11 heteroatoms. The smallest absolute Gasteiger partial charge is 0.322 e. The van der Waals surface area contributed by atoms with Crippen molar-refractivity contribution in [3.63, 3.8) is 0 Å². The van der Waals surface area contributed by atoms with Crippen LogP contribution in [-0.2, 0) is 6.54 Å². The number of anilines is 2. The molecule has 2 amide bonds. The third kappa shape index (κ3) is 4.64. The summed E-state index contributed by atoms with van der Waals surface area (Å²) in [4.78, 5) is 24.5. The molecule has 1 atom stereocenters. The molecule has 5 heterocycles. The van der Waals surface area contributed by atoms with E-state index in [-0.39, 0.29) is 23.7 Å². The van der Waals surface area contributed by atoms with Crippen LogP contribution in [0.3, 0.4) is 0 Å². The van der Waals surface area contributed by atoms with Gasteiger partial charge >= 0.3 is 6.03 Å². The summed E-state index contributed by atoms with van der Waals surface area (Å²) in [6.45, 7) is 10.2. The summed E-state index contributed by atoms with van der Waals surface area (Å²) in [5.74, 6) is 1.47. The van der Waals surface area contributed by atoms with Gasteiger partial charge in [-0.05, 0) is 72.5 Å². The Morgan fingerprint density at radius 3 is 2.69 bits per heavy atom. The minimum atomic E-state index is -1.44. The Kier molecular flexibility index (Phi) is 5.94. The maximum atomic E-state index is 14.8. The fourth-order valence-electron chi connectivity index (χ4n) is 6.25. The van der Waals surface area contributed by atoms with Crippen LogP contribution in [0.15, 0.2) is 18.5 Å². The predicted octanol–water partition coefficient (Wildman–Crippen LogP) is 4.51. The van der Waals surface area contributed by atoms with Crippen molar-refractivity contribution in [2.45, 2.75) is 76.7 Å². The molecule has 0 bridgehead atoms. The number of fused-ring (bicyclic) bond motifs is 1. The number of hydrogen-bond acceptors (Lipinski definition) is 6. The molecule has 3 aliphatic rings. The van der Waals surface area contributed by atoms with E-state index < -0.39 is 5.67 Å². The van der Waals surface area contributed by atoms with Gasteiger partial charge in [0.05, 0.1) is 40.6 Å². The maximum absolute atomic E-state index is 14.8. The molecule has 2 saturated heterocycles. The molecule has 1 aliphatic carbocycles. The molecule has 3 aromatic heterocycles. The Bertz CT molecular complexity index is 1390. The minimum Gasteiger partial charge on any atom is -0.351 e. The largest absolute Gasteiger partial charge is 0.351 e. The first-order chi connectivity index (χ1) is 18.4. The van der Waals surface area contributed by atoms with Gasteiger partial charge in [0.1, 0.15) is 11.4 Å². The number of carbonyl (C=O) groups is 1. The molecular formula is C28H40FN9O. The highest BCUT2D eigenvalue weighted by Gasteiger charge is 2.52. The molecule has 39 heavy (non-hydrogen) atoms. The summed E-state index contributed by atoms with van der Waals surface area (Å²) >= 11 is 0. The summed E-state index contributed by atoms with van der Waals surface area (Å²) in [7, 11) is 4.18. The van der Waals surface area contributed by atoms with Gasteiger partial charge in [0.25, 0.3) is 0 Å². The number of nitrogens with one attached hydrogen (secondary N) is 2. The van der Waals surface area contributed by atoms with Gasteiger partial charge in [-0.15, -0.1) is 0 Å². The van der Waals surface area contributed by atoms with Gasteiger partial charge in [0, 0.05) is 31.4 Å². The molecule has 210 valence electrons. The molecule has 3 aromatic rings. The minimum absolute atomic E-state index is 0.0183. The number of alkyl halides is 1. The summed E-state index contributed by atoms with van der Waals surface area (Å²) in [6.07, 6.45) is 7.66. The van der Waals surface area contributed by atoms with Gasteiger partial charge in [0.2, 0.25) is 0 Å². The molecule has 0 aromatic carbocycles. The molecule has 3 fully saturated rings. The lowest BCUT2D eigenvalue weighted by Gasteiger charge is -2.52. The van der Waals surface area contributed by atoms with E-state index in [1.807, 2.05) is 11.0 Å². The first kappa shape index (κ1) is 26.0.